The Labute approximate surface area is 95.2 Å². The lowest BCUT2D eigenvalue weighted by molar-refractivity contribution is -0.145. The molecule has 1 rings (SSSR count). The molecule has 0 saturated carbocycles. The average Bonchev–Trinajstić information content (AvgIpc) is 2.47. The zero-order valence-corrected chi connectivity index (χ0v) is 9.49. The van der Waals surface area contributed by atoms with Gasteiger partial charge in [-0.3, -0.25) is 0 Å². The van der Waals surface area contributed by atoms with E-state index in [9.17, 15) is 18.0 Å². The van der Waals surface area contributed by atoms with E-state index in [-0.39, 0.29) is 0 Å². The number of hydrogen-bond acceptors (Lipinski definition) is 3. The molecule has 1 N–H and O–H groups in total. The number of rotatable bonds is 2. The Kier molecular flexibility index (Phi) is 3.17. The summed E-state index contributed by atoms with van der Waals surface area (Å²) in [5.41, 5.74) is -1.98. The van der Waals surface area contributed by atoms with E-state index in [0.29, 0.717) is 6.20 Å². The molecule has 0 radical (unpaired) electrons. The van der Waals surface area contributed by atoms with E-state index in [2.05, 4.69) is 10.3 Å². The van der Waals surface area contributed by atoms with Crippen LogP contribution in [-0.2, 0) is 11.0 Å². The number of alkyl halides is 3. The molecule has 1 heterocycles. The van der Waals surface area contributed by atoms with E-state index in [0.717, 1.165) is 4.68 Å². The van der Waals surface area contributed by atoms with Gasteiger partial charge in [-0.05, 0) is 5.41 Å². The highest BCUT2D eigenvalue weighted by Crippen LogP contribution is 2.32. The van der Waals surface area contributed by atoms with Crippen LogP contribution in [0, 0.1) is 5.41 Å². The van der Waals surface area contributed by atoms with Crippen LogP contribution in [0.1, 0.15) is 32.5 Å². The summed E-state index contributed by atoms with van der Waals surface area (Å²) in [4.78, 5) is 11.0. The molecule has 0 aliphatic rings. The van der Waals surface area contributed by atoms with Crippen molar-refractivity contribution in [1.82, 2.24) is 15.0 Å². The summed E-state index contributed by atoms with van der Waals surface area (Å²) in [5, 5.41) is 15.2. The fraction of sp³-hybridized carbons (Fsp3) is 0.667. The maximum absolute atomic E-state index is 12.3. The van der Waals surface area contributed by atoms with Crippen LogP contribution in [0.15, 0.2) is 6.20 Å². The zero-order valence-electron chi connectivity index (χ0n) is 9.49. The summed E-state index contributed by atoms with van der Waals surface area (Å²) < 4.78 is 37.6. The van der Waals surface area contributed by atoms with Crippen molar-refractivity contribution in [2.45, 2.75) is 33.0 Å². The fourth-order valence-corrected chi connectivity index (χ4v) is 1.41. The summed E-state index contributed by atoms with van der Waals surface area (Å²) in [5.74, 6) is -1.25. The van der Waals surface area contributed by atoms with E-state index < -0.39 is 29.3 Å². The Morgan fingerprint density at radius 1 is 1.41 bits per heavy atom. The Bertz CT molecular complexity index is 420. The Morgan fingerprint density at radius 3 is 2.24 bits per heavy atom. The summed E-state index contributed by atoms with van der Waals surface area (Å²) >= 11 is 0. The Morgan fingerprint density at radius 2 is 1.94 bits per heavy atom. The maximum Gasteiger partial charge on any atom is 0.436 e. The minimum absolute atomic E-state index is 0.601. The summed E-state index contributed by atoms with van der Waals surface area (Å²) in [7, 11) is 0. The molecule has 8 heteroatoms. The standard InChI is InChI=1S/C9H12F3N3O2/c1-8(2,3)6(7(16)17)15-4-5(13-14-15)9(10,11)12/h4,6H,1-3H3,(H,16,17)/t6-/m1/s1. The SMILES string of the molecule is CC(C)(C)[C@@H](C(=O)O)n1cc(C(F)(F)F)nn1. The van der Waals surface area contributed by atoms with E-state index in [1.165, 1.54) is 0 Å². The molecule has 5 nitrogen and oxygen atoms in total. The van der Waals surface area contributed by atoms with Crippen LogP contribution in [0.2, 0.25) is 0 Å². The molecular weight excluding hydrogens is 239 g/mol. The van der Waals surface area contributed by atoms with Gasteiger partial charge in [0.15, 0.2) is 11.7 Å². The average molecular weight is 251 g/mol. The highest BCUT2D eigenvalue weighted by molar-refractivity contribution is 5.72. The molecule has 0 spiro atoms. The molecule has 0 aromatic carbocycles. The third kappa shape index (κ3) is 2.95. The van der Waals surface area contributed by atoms with Crippen LogP contribution in [0.5, 0.6) is 0 Å². The zero-order chi connectivity index (χ0) is 13.4. The number of hydrogen-bond donors (Lipinski definition) is 1. The van der Waals surface area contributed by atoms with Gasteiger partial charge in [0.05, 0.1) is 6.20 Å². The van der Waals surface area contributed by atoms with E-state index in [1.807, 2.05) is 0 Å². The maximum atomic E-state index is 12.3. The van der Waals surface area contributed by atoms with Gasteiger partial charge in [-0.25, -0.2) is 9.48 Å². The second kappa shape index (κ2) is 4.01. The van der Waals surface area contributed by atoms with Gasteiger partial charge >= 0.3 is 12.1 Å². The smallest absolute Gasteiger partial charge is 0.436 e. The molecule has 0 saturated heterocycles. The molecule has 1 atom stereocenters. The van der Waals surface area contributed by atoms with Gasteiger partial charge in [-0.1, -0.05) is 26.0 Å². The van der Waals surface area contributed by atoms with Crippen LogP contribution < -0.4 is 0 Å². The van der Waals surface area contributed by atoms with Crippen molar-refractivity contribution < 1.29 is 23.1 Å². The number of nitrogens with zero attached hydrogens (tertiary/aromatic N) is 3. The lowest BCUT2D eigenvalue weighted by Crippen LogP contribution is -2.32. The first kappa shape index (κ1) is 13.5. The molecule has 0 amide bonds. The Hall–Kier alpha value is -1.60. The van der Waals surface area contributed by atoms with Gasteiger partial charge in [-0.15, -0.1) is 5.10 Å². The quantitative estimate of drug-likeness (QED) is 0.872. The summed E-state index contributed by atoms with van der Waals surface area (Å²) in [6.07, 6.45) is -4.02. The summed E-state index contributed by atoms with van der Waals surface area (Å²) in [6, 6.07) is -1.20. The highest BCUT2D eigenvalue weighted by atomic mass is 19.4. The van der Waals surface area contributed by atoms with Gasteiger partial charge in [0, 0.05) is 0 Å². The predicted molar refractivity (Wildman–Crippen MR) is 51.2 cm³/mol. The molecule has 1 aromatic heterocycles. The van der Waals surface area contributed by atoms with E-state index >= 15 is 0 Å². The third-order valence-corrected chi connectivity index (χ3v) is 2.12. The van der Waals surface area contributed by atoms with E-state index in [1.54, 1.807) is 20.8 Å². The van der Waals surface area contributed by atoms with Crippen LogP contribution in [-0.4, -0.2) is 26.1 Å². The fourth-order valence-electron chi connectivity index (χ4n) is 1.41. The number of carbonyl (C=O) groups is 1. The molecule has 0 bridgehead atoms. The number of carboxylic acids is 1. The molecule has 0 aliphatic heterocycles. The summed E-state index contributed by atoms with van der Waals surface area (Å²) in [6.45, 7) is 4.79. The second-order valence-corrected chi connectivity index (χ2v) is 4.69. The molecule has 0 fully saturated rings. The normalized spacial score (nSPS) is 14.7. The molecule has 1 aromatic rings. The van der Waals surface area contributed by atoms with Crippen molar-refractivity contribution in [3.05, 3.63) is 11.9 Å². The largest absolute Gasteiger partial charge is 0.480 e. The minimum atomic E-state index is -4.63. The third-order valence-electron chi connectivity index (χ3n) is 2.12. The van der Waals surface area contributed by atoms with Crippen molar-refractivity contribution >= 4 is 5.97 Å². The first-order chi connectivity index (χ1) is 7.53. The van der Waals surface area contributed by atoms with Crippen molar-refractivity contribution in [2.75, 3.05) is 0 Å². The second-order valence-electron chi connectivity index (χ2n) is 4.69. The number of halogens is 3. The number of carboxylic acid groups (broad SMARTS) is 1. The van der Waals surface area contributed by atoms with Gasteiger partial charge in [0.2, 0.25) is 0 Å². The monoisotopic (exact) mass is 251 g/mol. The van der Waals surface area contributed by atoms with Gasteiger partial charge < -0.3 is 5.11 Å². The Balaban J connectivity index is 3.14. The molecular formula is C9H12F3N3O2. The first-order valence-electron chi connectivity index (χ1n) is 4.75. The van der Waals surface area contributed by atoms with Crippen LogP contribution in [0.25, 0.3) is 0 Å². The van der Waals surface area contributed by atoms with E-state index in [4.69, 9.17) is 5.11 Å². The van der Waals surface area contributed by atoms with Gasteiger partial charge in [0.25, 0.3) is 0 Å². The first-order valence-corrected chi connectivity index (χ1v) is 4.75. The molecule has 0 aliphatic carbocycles. The molecule has 17 heavy (non-hydrogen) atoms. The lowest BCUT2D eigenvalue weighted by Gasteiger charge is -2.26. The van der Waals surface area contributed by atoms with Crippen molar-refractivity contribution in [3.63, 3.8) is 0 Å². The topological polar surface area (TPSA) is 68.0 Å². The van der Waals surface area contributed by atoms with Gasteiger partial charge in [0.1, 0.15) is 0 Å². The molecule has 96 valence electrons. The lowest BCUT2D eigenvalue weighted by atomic mass is 9.87. The highest BCUT2D eigenvalue weighted by Gasteiger charge is 2.38. The van der Waals surface area contributed by atoms with Crippen LogP contribution in [0.3, 0.4) is 0 Å². The van der Waals surface area contributed by atoms with Crippen molar-refractivity contribution in [1.29, 1.82) is 0 Å². The van der Waals surface area contributed by atoms with Gasteiger partial charge in [-0.2, -0.15) is 13.2 Å². The minimum Gasteiger partial charge on any atom is -0.480 e. The number of aromatic nitrogens is 3. The predicted octanol–water partition coefficient (Wildman–Crippen LogP) is 1.97. The molecule has 0 unspecified atom stereocenters. The van der Waals surface area contributed by atoms with Crippen molar-refractivity contribution in [2.24, 2.45) is 5.41 Å². The van der Waals surface area contributed by atoms with Crippen LogP contribution in [0.4, 0.5) is 13.2 Å². The number of aliphatic carboxylic acids is 1. The van der Waals surface area contributed by atoms with Crippen LogP contribution >= 0.6 is 0 Å². The van der Waals surface area contributed by atoms with Crippen molar-refractivity contribution in [3.8, 4) is 0 Å².